The van der Waals surface area contributed by atoms with Gasteiger partial charge in [0.25, 0.3) is 11.5 Å². The zero-order chi connectivity index (χ0) is 25.7. The van der Waals surface area contributed by atoms with Crippen molar-refractivity contribution in [2.45, 2.75) is 40.1 Å². The van der Waals surface area contributed by atoms with Gasteiger partial charge in [-0.3, -0.25) is 14.3 Å². The second-order valence-corrected chi connectivity index (χ2v) is 8.71. The highest BCUT2D eigenvalue weighted by atomic mass is 16.5. The first-order valence-corrected chi connectivity index (χ1v) is 11.6. The first kappa shape index (κ1) is 24.9. The molecular weight excluding hydrogens is 456 g/mol. The normalized spacial score (nSPS) is 11.0. The second kappa shape index (κ2) is 11.0. The molecule has 3 aromatic heterocycles. The minimum atomic E-state index is -0.229. The first-order valence-electron chi connectivity index (χ1n) is 11.6. The summed E-state index contributed by atoms with van der Waals surface area (Å²) in [6.07, 6.45) is 3.51. The predicted octanol–water partition coefficient (Wildman–Crippen LogP) is 2.81. The van der Waals surface area contributed by atoms with E-state index in [1.54, 1.807) is 47.0 Å². The molecule has 36 heavy (non-hydrogen) atoms. The Balaban J connectivity index is 1.45. The average Bonchev–Trinajstić information content (AvgIpc) is 3.23. The molecule has 0 fully saturated rings. The van der Waals surface area contributed by atoms with Crippen molar-refractivity contribution in [3.05, 3.63) is 110 Å². The lowest BCUT2D eigenvalue weighted by atomic mass is 10.1. The number of methoxy groups -OCH3 is 1. The van der Waals surface area contributed by atoms with Crippen molar-refractivity contribution in [1.29, 1.82) is 0 Å². The Kier molecular flexibility index (Phi) is 7.60. The van der Waals surface area contributed by atoms with Crippen molar-refractivity contribution in [2.24, 2.45) is 0 Å². The number of anilines is 1. The number of ether oxygens (including phenoxy) is 1. The molecule has 0 aliphatic carbocycles. The van der Waals surface area contributed by atoms with E-state index in [0.29, 0.717) is 36.7 Å². The standard InChI is InChI=1S/C27H30N6O3/c1-18-12-25(28)30-19(2)22(18)13-29-27(35)23-16-33(31-24(23)17-36-3)15-21-9-7-20(8-10-21)14-32-11-5-4-6-26(32)34/h4-12,16H,13-15,17H2,1-3H3,(H2,28,30)(H,29,35). The van der Waals surface area contributed by atoms with Gasteiger partial charge in [-0.2, -0.15) is 5.10 Å². The Morgan fingerprint density at radius 2 is 1.81 bits per heavy atom. The summed E-state index contributed by atoms with van der Waals surface area (Å²) in [5.74, 6) is 0.235. The topological polar surface area (TPSA) is 117 Å². The fourth-order valence-corrected chi connectivity index (χ4v) is 4.12. The van der Waals surface area contributed by atoms with Crippen LogP contribution in [0.4, 0.5) is 5.82 Å². The quantitative estimate of drug-likeness (QED) is 0.376. The number of carbonyl (C=O) groups is 1. The first-order chi connectivity index (χ1) is 17.3. The highest BCUT2D eigenvalue weighted by Crippen LogP contribution is 2.16. The van der Waals surface area contributed by atoms with E-state index >= 15 is 0 Å². The molecule has 3 heterocycles. The van der Waals surface area contributed by atoms with E-state index in [-0.39, 0.29) is 18.1 Å². The van der Waals surface area contributed by atoms with Crippen LogP contribution in [-0.2, 0) is 31.0 Å². The SMILES string of the molecule is COCc1nn(Cc2ccc(Cn3ccccc3=O)cc2)cc1C(=O)NCc1c(C)cc(N)nc1C. The van der Waals surface area contributed by atoms with Crippen LogP contribution in [0.15, 0.2) is 65.7 Å². The van der Waals surface area contributed by atoms with Crippen LogP contribution in [0.1, 0.15) is 44.0 Å². The third-order valence-corrected chi connectivity index (χ3v) is 5.98. The van der Waals surface area contributed by atoms with Crippen molar-refractivity contribution in [2.75, 3.05) is 12.8 Å². The molecule has 0 saturated heterocycles. The molecule has 0 radical (unpaired) electrons. The van der Waals surface area contributed by atoms with Crippen LogP contribution >= 0.6 is 0 Å². The number of nitrogens with one attached hydrogen (secondary N) is 1. The highest BCUT2D eigenvalue weighted by molar-refractivity contribution is 5.95. The van der Waals surface area contributed by atoms with Gasteiger partial charge in [0.2, 0.25) is 0 Å². The number of hydrogen-bond donors (Lipinski definition) is 2. The third-order valence-electron chi connectivity index (χ3n) is 5.98. The third kappa shape index (κ3) is 5.87. The molecule has 9 nitrogen and oxygen atoms in total. The zero-order valence-electron chi connectivity index (χ0n) is 20.7. The van der Waals surface area contributed by atoms with Crippen LogP contribution in [0.5, 0.6) is 0 Å². The van der Waals surface area contributed by atoms with E-state index in [2.05, 4.69) is 15.4 Å². The van der Waals surface area contributed by atoms with Crippen molar-refractivity contribution < 1.29 is 9.53 Å². The van der Waals surface area contributed by atoms with Crippen LogP contribution in [0, 0.1) is 13.8 Å². The maximum absolute atomic E-state index is 13.0. The van der Waals surface area contributed by atoms with E-state index < -0.39 is 0 Å². The maximum atomic E-state index is 13.0. The summed E-state index contributed by atoms with van der Waals surface area (Å²) >= 11 is 0. The minimum Gasteiger partial charge on any atom is -0.384 e. The maximum Gasteiger partial charge on any atom is 0.255 e. The van der Waals surface area contributed by atoms with Crippen molar-refractivity contribution in [3.63, 3.8) is 0 Å². The summed E-state index contributed by atoms with van der Waals surface area (Å²) in [5, 5.41) is 7.55. The van der Waals surface area contributed by atoms with Crippen molar-refractivity contribution in [3.8, 4) is 0 Å². The van der Waals surface area contributed by atoms with Gasteiger partial charge >= 0.3 is 0 Å². The highest BCUT2D eigenvalue weighted by Gasteiger charge is 2.17. The molecule has 0 unspecified atom stereocenters. The average molecular weight is 487 g/mol. The number of nitrogen functional groups attached to an aromatic ring is 1. The summed E-state index contributed by atoms with van der Waals surface area (Å²) in [4.78, 5) is 29.3. The van der Waals surface area contributed by atoms with E-state index in [4.69, 9.17) is 10.5 Å². The molecule has 0 atom stereocenters. The van der Waals surface area contributed by atoms with Gasteiger partial charge in [-0.15, -0.1) is 0 Å². The number of rotatable bonds is 9. The lowest BCUT2D eigenvalue weighted by Gasteiger charge is -2.11. The molecule has 186 valence electrons. The molecule has 3 N–H and O–H groups in total. The van der Waals surface area contributed by atoms with Crippen LogP contribution in [0.2, 0.25) is 0 Å². The summed E-state index contributed by atoms with van der Waals surface area (Å²) in [5.41, 5.74) is 11.6. The number of aromatic nitrogens is 4. The molecule has 4 rings (SSSR count). The van der Waals surface area contributed by atoms with Crippen LogP contribution < -0.4 is 16.6 Å². The largest absolute Gasteiger partial charge is 0.384 e. The van der Waals surface area contributed by atoms with Gasteiger partial charge in [-0.1, -0.05) is 30.3 Å². The molecule has 0 spiro atoms. The van der Waals surface area contributed by atoms with Crippen LogP contribution in [0.25, 0.3) is 0 Å². The Labute approximate surface area is 209 Å². The number of pyridine rings is 2. The lowest BCUT2D eigenvalue weighted by molar-refractivity contribution is 0.0945. The van der Waals surface area contributed by atoms with Gasteiger partial charge in [-0.05, 0) is 48.2 Å². The molecule has 0 bridgehead atoms. The lowest BCUT2D eigenvalue weighted by Crippen LogP contribution is -2.24. The predicted molar refractivity (Wildman–Crippen MR) is 138 cm³/mol. The molecule has 1 aromatic carbocycles. The van der Waals surface area contributed by atoms with Gasteiger partial charge in [0.15, 0.2) is 0 Å². The monoisotopic (exact) mass is 486 g/mol. The van der Waals surface area contributed by atoms with Gasteiger partial charge in [-0.25, -0.2) is 4.98 Å². The summed E-state index contributed by atoms with van der Waals surface area (Å²) < 4.78 is 8.67. The molecule has 0 aliphatic rings. The number of aryl methyl sites for hydroxylation is 2. The van der Waals surface area contributed by atoms with Crippen LogP contribution in [-0.4, -0.2) is 32.3 Å². The fourth-order valence-electron chi connectivity index (χ4n) is 4.12. The van der Waals surface area contributed by atoms with Gasteiger partial charge in [0.1, 0.15) is 11.5 Å². The van der Waals surface area contributed by atoms with Crippen molar-refractivity contribution >= 4 is 11.7 Å². The van der Waals surface area contributed by atoms with E-state index in [1.807, 2.05) is 44.2 Å². The summed E-state index contributed by atoms with van der Waals surface area (Å²) in [6.45, 7) is 5.39. The van der Waals surface area contributed by atoms with Crippen molar-refractivity contribution in [1.82, 2.24) is 24.6 Å². The Bertz CT molecular complexity index is 1400. The summed E-state index contributed by atoms with van der Waals surface area (Å²) in [6, 6.07) is 14.9. The molecule has 1 amide bonds. The van der Waals surface area contributed by atoms with Crippen LogP contribution in [0.3, 0.4) is 0 Å². The molecular formula is C27H30N6O3. The van der Waals surface area contributed by atoms with E-state index in [0.717, 1.165) is 27.9 Å². The number of benzene rings is 1. The number of hydrogen-bond acceptors (Lipinski definition) is 6. The number of nitrogens with zero attached hydrogens (tertiary/aromatic N) is 4. The molecule has 9 heteroatoms. The molecule has 0 aliphatic heterocycles. The Morgan fingerprint density at radius 3 is 2.47 bits per heavy atom. The van der Waals surface area contributed by atoms with E-state index in [9.17, 15) is 9.59 Å². The second-order valence-electron chi connectivity index (χ2n) is 8.71. The van der Waals surface area contributed by atoms with Gasteiger partial charge in [0.05, 0.1) is 25.3 Å². The fraction of sp³-hybridized carbons (Fsp3) is 0.259. The Hall–Kier alpha value is -4.24. The number of carbonyl (C=O) groups excluding carboxylic acids is 1. The van der Waals surface area contributed by atoms with Gasteiger partial charge in [0, 0.05) is 37.8 Å². The number of amides is 1. The Morgan fingerprint density at radius 1 is 1.08 bits per heavy atom. The zero-order valence-corrected chi connectivity index (χ0v) is 20.7. The number of nitrogens with two attached hydrogens (primary N) is 1. The van der Waals surface area contributed by atoms with Gasteiger partial charge < -0.3 is 20.4 Å². The minimum absolute atomic E-state index is 0.0347. The molecule has 4 aromatic rings. The van der Waals surface area contributed by atoms with E-state index in [1.165, 1.54) is 0 Å². The smallest absolute Gasteiger partial charge is 0.255 e. The summed E-state index contributed by atoms with van der Waals surface area (Å²) in [7, 11) is 1.57. The molecule has 0 saturated carbocycles.